The molecular weight excluding hydrogens is 204 g/mol. The first kappa shape index (κ1) is 11.9. The van der Waals surface area contributed by atoms with E-state index in [9.17, 15) is 8.42 Å². The maximum Gasteiger partial charge on any atom is 0.214 e. The SMILES string of the molecule is COCCS(=O)(=O)NC(CN)C1CC1. The average molecular weight is 222 g/mol. The summed E-state index contributed by atoms with van der Waals surface area (Å²) < 4.78 is 30.2. The zero-order valence-electron chi connectivity index (χ0n) is 8.40. The summed E-state index contributed by atoms with van der Waals surface area (Å²) in [5, 5.41) is 0. The van der Waals surface area contributed by atoms with Gasteiger partial charge in [0.05, 0.1) is 12.4 Å². The smallest absolute Gasteiger partial charge is 0.214 e. The van der Waals surface area contributed by atoms with Gasteiger partial charge in [0.25, 0.3) is 0 Å². The first-order valence-corrected chi connectivity index (χ1v) is 6.43. The number of nitrogens with two attached hydrogens (primary N) is 1. The molecule has 1 aliphatic carbocycles. The number of hydrogen-bond acceptors (Lipinski definition) is 4. The minimum absolute atomic E-state index is 0.00667. The monoisotopic (exact) mass is 222 g/mol. The molecule has 1 atom stereocenters. The quantitative estimate of drug-likeness (QED) is 0.596. The fourth-order valence-electron chi connectivity index (χ4n) is 1.32. The molecule has 3 N–H and O–H groups in total. The molecule has 1 fully saturated rings. The van der Waals surface area contributed by atoms with Crippen molar-refractivity contribution in [1.29, 1.82) is 0 Å². The van der Waals surface area contributed by atoms with Crippen LogP contribution >= 0.6 is 0 Å². The van der Waals surface area contributed by atoms with E-state index in [1.807, 2.05) is 0 Å². The van der Waals surface area contributed by atoms with E-state index < -0.39 is 10.0 Å². The molecule has 84 valence electrons. The van der Waals surface area contributed by atoms with Gasteiger partial charge < -0.3 is 10.5 Å². The summed E-state index contributed by atoms with van der Waals surface area (Å²) in [4.78, 5) is 0. The molecule has 0 heterocycles. The first-order chi connectivity index (χ1) is 6.59. The fraction of sp³-hybridized carbons (Fsp3) is 1.00. The Hall–Kier alpha value is -0.170. The number of ether oxygens (including phenoxy) is 1. The Bertz CT molecular complexity index is 262. The average Bonchev–Trinajstić information content (AvgIpc) is 2.94. The Morgan fingerprint density at radius 3 is 2.64 bits per heavy atom. The van der Waals surface area contributed by atoms with Gasteiger partial charge in [-0.1, -0.05) is 0 Å². The number of sulfonamides is 1. The van der Waals surface area contributed by atoms with Crippen LogP contribution in [0.15, 0.2) is 0 Å². The van der Waals surface area contributed by atoms with Crippen molar-refractivity contribution in [1.82, 2.24) is 4.72 Å². The zero-order valence-corrected chi connectivity index (χ0v) is 9.22. The summed E-state index contributed by atoms with van der Waals surface area (Å²) in [6.07, 6.45) is 2.16. The van der Waals surface area contributed by atoms with Crippen LogP contribution in [0.2, 0.25) is 0 Å². The predicted molar refractivity (Wildman–Crippen MR) is 54.4 cm³/mol. The van der Waals surface area contributed by atoms with E-state index in [-0.39, 0.29) is 18.4 Å². The summed E-state index contributed by atoms with van der Waals surface area (Å²) >= 11 is 0. The van der Waals surface area contributed by atoms with Crippen LogP contribution in [0.3, 0.4) is 0 Å². The highest BCUT2D eigenvalue weighted by Crippen LogP contribution is 2.32. The highest BCUT2D eigenvalue weighted by atomic mass is 32.2. The van der Waals surface area contributed by atoms with Crippen molar-refractivity contribution in [2.75, 3.05) is 26.0 Å². The predicted octanol–water partition coefficient (Wildman–Crippen LogP) is -0.710. The molecular formula is C8H18N2O3S. The lowest BCUT2D eigenvalue weighted by molar-refractivity contribution is 0.216. The van der Waals surface area contributed by atoms with Gasteiger partial charge in [0.1, 0.15) is 0 Å². The van der Waals surface area contributed by atoms with Crippen molar-refractivity contribution < 1.29 is 13.2 Å². The third-order valence-electron chi connectivity index (χ3n) is 2.33. The largest absolute Gasteiger partial charge is 0.384 e. The van der Waals surface area contributed by atoms with Crippen molar-refractivity contribution >= 4 is 10.0 Å². The first-order valence-electron chi connectivity index (χ1n) is 4.78. The van der Waals surface area contributed by atoms with Crippen LogP contribution in [0.1, 0.15) is 12.8 Å². The van der Waals surface area contributed by atoms with Crippen molar-refractivity contribution in [3.8, 4) is 0 Å². The van der Waals surface area contributed by atoms with Crippen LogP contribution < -0.4 is 10.5 Å². The molecule has 14 heavy (non-hydrogen) atoms. The topological polar surface area (TPSA) is 81.4 Å². The van der Waals surface area contributed by atoms with E-state index in [4.69, 9.17) is 10.5 Å². The maximum absolute atomic E-state index is 11.4. The van der Waals surface area contributed by atoms with Gasteiger partial charge in [0, 0.05) is 19.7 Å². The number of methoxy groups -OCH3 is 1. The lowest BCUT2D eigenvalue weighted by Gasteiger charge is -2.15. The molecule has 1 unspecified atom stereocenters. The maximum atomic E-state index is 11.4. The van der Waals surface area contributed by atoms with Crippen LogP contribution in [-0.2, 0) is 14.8 Å². The molecule has 0 aromatic rings. The second-order valence-electron chi connectivity index (χ2n) is 3.61. The molecule has 1 aliphatic rings. The molecule has 0 amide bonds. The van der Waals surface area contributed by atoms with E-state index in [0.29, 0.717) is 12.5 Å². The van der Waals surface area contributed by atoms with Gasteiger partial charge in [0.2, 0.25) is 10.0 Å². The van der Waals surface area contributed by atoms with Crippen LogP contribution in [0.5, 0.6) is 0 Å². The van der Waals surface area contributed by atoms with Crippen LogP contribution in [0.4, 0.5) is 0 Å². The highest BCUT2D eigenvalue weighted by molar-refractivity contribution is 7.89. The zero-order chi connectivity index (χ0) is 10.6. The van der Waals surface area contributed by atoms with Gasteiger partial charge in [-0.25, -0.2) is 13.1 Å². The summed E-state index contributed by atoms with van der Waals surface area (Å²) in [6.45, 7) is 0.591. The molecule has 0 spiro atoms. The highest BCUT2D eigenvalue weighted by Gasteiger charge is 2.32. The second kappa shape index (κ2) is 5.06. The molecule has 0 radical (unpaired) electrons. The summed E-state index contributed by atoms with van der Waals surface area (Å²) in [5.74, 6) is 0.449. The standard InChI is InChI=1S/C8H18N2O3S/c1-13-4-5-14(11,12)10-8(6-9)7-2-3-7/h7-8,10H,2-6,9H2,1H3. The number of nitrogens with one attached hydrogen (secondary N) is 1. The van der Waals surface area contributed by atoms with Crippen LogP contribution in [0.25, 0.3) is 0 Å². The van der Waals surface area contributed by atoms with Crippen molar-refractivity contribution in [3.05, 3.63) is 0 Å². The third-order valence-corrected chi connectivity index (χ3v) is 3.70. The number of rotatable bonds is 7. The van der Waals surface area contributed by atoms with Crippen molar-refractivity contribution in [2.24, 2.45) is 11.7 Å². The molecule has 5 nitrogen and oxygen atoms in total. The van der Waals surface area contributed by atoms with Gasteiger partial charge in [-0.3, -0.25) is 0 Å². The Morgan fingerprint density at radius 1 is 1.57 bits per heavy atom. The summed E-state index contributed by atoms with van der Waals surface area (Å²) in [5.41, 5.74) is 5.49. The Labute approximate surface area is 85.1 Å². The van der Waals surface area contributed by atoms with Crippen LogP contribution in [-0.4, -0.2) is 40.5 Å². The normalized spacial score (nSPS) is 19.6. The van der Waals surface area contributed by atoms with Gasteiger partial charge in [-0.05, 0) is 18.8 Å². The molecule has 0 saturated heterocycles. The molecule has 0 aromatic carbocycles. The van der Waals surface area contributed by atoms with Gasteiger partial charge in [-0.15, -0.1) is 0 Å². The van der Waals surface area contributed by atoms with E-state index in [1.165, 1.54) is 7.11 Å². The van der Waals surface area contributed by atoms with E-state index in [1.54, 1.807) is 0 Å². The molecule has 1 saturated carbocycles. The second-order valence-corrected chi connectivity index (χ2v) is 5.48. The third kappa shape index (κ3) is 3.91. The minimum Gasteiger partial charge on any atom is -0.384 e. The molecule has 0 bridgehead atoms. The Morgan fingerprint density at radius 2 is 2.21 bits per heavy atom. The van der Waals surface area contributed by atoms with Gasteiger partial charge in [-0.2, -0.15) is 0 Å². The van der Waals surface area contributed by atoms with Crippen molar-refractivity contribution in [3.63, 3.8) is 0 Å². The molecule has 6 heteroatoms. The van der Waals surface area contributed by atoms with E-state index in [2.05, 4.69) is 4.72 Å². The van der Waals surface area contributed by atoms with Crippen LogP contribution in [0, 0.1) is 5.92 Å². The van der Waals surface area contributed by atoms with Gasteiger partial charge in [0.15, 0.2) is 0 Å². The lowest BCUT2D eigenvalue weighted by atomic mass is 10.2. The van der Waals surface area contributed by atoms with E-state index in [0.717, 1.165) is 12.8 Å². The van der Waals surface area contributed by atoms with Gasteiger partial charge >= 0.3 is 0 Å². The summed E-state index contributed by atoms with van der Waals surface area (Å²) in [7, 11) is -1.73. The Kier molecular flexibility index (Phi) is 4.31. The minimum atomic E-state index is -3.22. The van der Waals surface area contributed by atoms with E-state index >= 15 is 0 Å². The summed E-state index contributed by atoms with van der Waals surface area (Å²) in [6, 6.07) is -0.0862. The molecule has 0 aromatic heterocycles. The van der Waals surface area contributed by atoms with Crippen molar-refractivity contribution in [2.45, 2.75) is 18.9 Å². The Balaban J connectivity index is 2.39. The number of hydrogen-bond donors (Lipinski definition) is 2. The molecule has 1 rings (SSSR count). The lowest BCUT2D eigenvalue weighted by Crippen LogP contribution is -2.43. The molecule has 0 aliphatic heterocycles. The fourth-order valence-corrected chi connectivity index (χ4v) is 2.57.